The number of anilines is 1. The maximum atomic E-state index is 11.9. The lowest BCUT2D eigenvalue weighted by Crippen LogP contribution is -2.27. The topological polar surface area (TPSA) is 98.7 Å². The zero-order valence-electron chi connectivity index (χ0n) is 10.5. The van der Waals surface area contributed by atoms with Crippen LogP contribution < -0.4 is 17.0 Å². The molecule has 0 radical (unpaired) electrons. The van der Waals surface area contributed by atoms with Crippen LogP contribution in [0.3, 0.4) is 0 Å². The standard InChI is InChI=1S/C11H13BrN6O/c1-6-10(12)7(2)18(11(19)16-6)5-8-3-15-9(17-13)4-14-8/h3-4H,5,13H2,1-2H3,(H,15,17). The number of nitrogens with two attached hydrogens (primary N) is 1. The molecule has 100 valence electrons. The van der Waals surface area contributed by atoms with Crippen molar-refractivity contribution in [1.82, 2.24) is 19.5 Å². The maximum absolute atomic E-state index is 11.9. The Balaban J connectivity index is 2.38. The van der Waals surface area contributed by atoms with Crippen LogP contribution in [0.1, 0.15) is 17.1 Å². The summed E-state index contributed by atoms with van der Waals surface area (Å²) in [6.45, 7) is 3.95. The fraction of sp³-hybridized carbons (Fsp3) is 0.273. The summed E-state index contributed by atoms with van der Waals surface area (Å²) in [5.74, 6) is 5.68. The molecule has 3 N–H and O–H groups in total. The molecular formula is C11H13BrN6O. The van der Waals surface area contributed by atoms with Crippen LogP contribution >= 0.6 is 15.9 Å². The molecule has 2 heterocycles. The second-order valence-corrected chi connectivity index (χ2v) is 4.80. The van der Waals surface area contributed by atoms with Gasteiger partial charge in [-0.2, -0.15) is 4.98 Å². The van der Waals surface area contributed by atoms with Crippen LogP contribution in [-0.2, 0) is 6.54 Å². The van der Waals surface area contributed by atoms with Crippen molar-refractivity contribution in [3.63, 3.8) is 0 Å². The SMILES string of the molecule is Cc1nc(=O)n(Cc2cnc(NN)cn2)c(C)c1Br. The normalized spacial score (nSPS) is 10.5. The number of nitrogen functional groups attached to an aromatic ring is 1. The van der Waals surface area contributed by atoms with Crippen LogP contribution in [0.15, 0.2) is 21.7 Å². The zero-order valence-corrected chi connectivity index (χ0v) is 12.1. The lowest BCUT2D eigenvalue weighted by molar-refractivity contribution is 0.673. The van der Waals surface area contributed by atoms with Gasteiger partial charge in [0.2, 0.25) is 0 Å². The molecule has 0 saturated heterocycles. The van der Waals surface area contributed by atoms with Gasteiger partial charge in [-0.15, -0.1) is 0 Å². The van der Waals surface area contributed by atoms with Crippen LogP contribution in [0.4, 0.5) is 5.82 Å². The third-order valence-electron chi connectivity index (χ3n) is 2.71. The summed E-state index contributed by atoms with van der Waals surface area (Å²) in [4.78, 5) is 24.1. The number of aryl methyl sites for hydroxylation is 1. The van der Waals surface area contributed by atoms with E-state index in [1.54, 1.807) is 13.1 Å². The molecule has 0 saturated carbocycles. The summed E-state index contributed by atoms with van der Waals surface area (Å²) < 4.78 is 2.36. The highest BCUT2D eigenvalue weighted by molar-refractivity contribution is 9.10. The number of aromatic nitrogens is 4. The van der Waals surface area contributed by atoms with E-state index >= 15 is 0 Å². The molecule has 0 bridgehead atoms. The van der Waals surface area contributed by atoms with E-state index in [-0.39, 0.29) is 5.69 Å². The molecule has 0 fully saturated rings. The summed E-state index contributed by atoms with van der Waals surface area (Å²) in [6, 6.07) is 0. The fourth-order valence-electron chi connectivity index (χ4n) is 1.64. The number of hydrazine groups is 1. The molecule has 19 heavy (non-hydrogen) atoms. The first kappa shape index (κ1) is 13.6. The minimum absolute atomic E-state index is 0.305. The van der Waals surface area contributed by atoms with E-state index in [4.69, 9.17) is 5.84 Å². The molecular weight excluding hydrogens is 312 g/mol. The number of nitrogens with one attached hydrogen (secondary N) is 1. The van der Waals surface area contributed by atoms with Crippen molar-refractivity contribution < 1.29 is 0 Å². The van der Waals surface area contributed by atoms with Gasteiger partial charge in [0, 0.05) is 5.69 Å². The Hall–Kier alpha value is -1.80. The Kier molecular flexibility index (Phi) is 3.91. The van der Waals surface area contributed by atoms with Crippen molar-refractivity contribution >= 4 is 21.7 Å². The van der Waals surface area contributed by atoms with Gasteiger partial charge in [-0.25, -0.2) is 15.6 Å². The monoisotopic (exact) mass is 324 g/mol. The molecule has 2 aromatic rings. The highest BCUT2D eigenvalue weighted by atomic mass is 79.9. The Morgan fingerprint density at radius 2 is 2.11 bits per heavy atom. The number of hydrogen-bond donors (Lipinski definition) is 2. The molecule has 2 aromatic heterocycles. The summed E-state index contributed by atoms with van der Waals surface area (Å²) in [5.41, 5.74) is 4.22. The van der Waals surface area contributed by atoms with Crippen molar-refractivity contribution in [2.45, 2.75) is 20.4 Å². The Labute approximate surface area is 118 Å². The third-order valence-corrected chi connectivity index (χ3v) is 3.86. The third kappa shape index (κ3) is 2.79. The van der Waals surface area contributed by atoms with Gasteiger partial charge < -0.3 is 5.43 Å². The van der Waals surface area contributed by atoms with E-state index in [2.05, 4.69) is 36.3 Å². The fourth-order valence-corrected chi connectivity index (χ4v) is 1.94. The largest absolute Gasteiger partial charge is 0.348 e. The molecule has 0 atom stereocenters. The predicted octanol–water partition coefficient (Wildman–Crippen LogP) is 0.747. The molecule has 0 amide bonds. The summed E-state index contributed by atoms with van der Waals surface area (Å²) in [6.07, 6.45) is 3.07. The molecule has 0 aliphatic carbocycles. The van der Waals surface area contributed by atoms with Gasteiger partial charge in [0.1, 0.15) is 0 Å². The Morgan fingerprint density at radius 3 is 2.68 bits per heavy atom. The van der Waals surface area contributed by atoms with Gasteiger partial charge in [-0.05, 0) is 29.8 Å². The zero-order chi connectivity index (χ0) is 14.0. The van der Waals surface area contributed by atoms with Crippen LogP contribution in [0.5, 0.6) is 0 Å². The van der Waals surface area contributed by atoms with Gasteiger partial charge >= 0.3 is 5.69 Å². The maximum Gasteiger partial charge on any atom is 0.348 e. The molecule has 2 rings (SSSR count). The summed E-state index contributed by atoms with van der Waals surface area (Å²) in [5, 5.41) is 0. The highest BCUT2D eigenvalue weighted by Crippen LogP contribution is 2.17. The van der Waals surface area contributed by atoms with Crippen molar-refractivity contribution in [3.05, 3.63) is 44.4 Å². The molecule has 0 aromatic carbocycles. The van der Waals surface area contributed by atoms with Crippen molar-refractivity contribution in [2.75, 3.05) is 5.43 Å². The van der Waals surface area contributed by atoms with Crippen molar-refractivity contribution in [3.8, 4) is 0 Å². The van der Waals surface area contributed by atoms with Gasteiger partial charge in [0.25, 0.3) is 0 Å². The Morgan fingerprint density at radius 1 is 1.37 bits per heavy atom. The predicted molar refractivity (Wildman–Crippen MR) is 74.6 cm³/mol. The molecule has 0 aliphatic heterocycles. The van der Waals surface area contributed by atoms with Crippen LogP contribution in [0, 0.1) is 13.8 Å². The number of nitrogens with zero attached hydrogens (tertiary/aromatic N) is 4. The first-order valence-corrected chi connectivity index (χ1v) is 6.33. The average molecular weight is 325 g/mol. The van der Waals surface area contributed by atoms with E-state index in [9.17, 15) is 4.79 Å². The summed E-state index contributed by atoms with van der Waals surface area (Å²) >= 11 is 3.42. The van der Waals surface area contributed by atoms with Gasteiger partial charge in [-0.3, -0.25) is 9.55 Å². The van der Waals surface area contributed by atoms with Crippen molar-refractivity contribution in [2.24, 2.45) is 5.84 Å². The van der Waals surface area contributed by atoms with Crippen LogP contribution in [-0.4, -0.2) is 19.5 Å². The van der Waals surface area contributed by atoms with Gasteiger partial charge in [-0.1, -0.05) is 0 Å². The highest BCUT2D eigenvalue weighted by Gasteiger charge is 2.10. The second-order valence-electron chi connectivity index (χ2n) is 4.00. The van der Waals surface area contributed by atoms with E-state index in [1.165, 1.54) is 10.8 Å². The van der Waals surface area contributed by atoms with E-state index < -0.39 is 0 Å². The lowest BCUT2D eigenvalue weighted by Gasteiger charge is -2.11. The quantitative estimate of drug-likeness (QED) is 0.638. The van der Waals surface area contributed by atoms with Crippen LogP contribution in [0.25, 0.3) is 0 Å². The summed E-state index contributed by atoms with van der Waals surface area (Å²) in [7, 11) is 0. The van der Waals surface area contributed by atoms with Crippen molar-refractivity contribution in [1.29, 1.82) is 0 Å². The number of hydrogen-bond acceptors (Lipinski definition) is 6. The molecule has 0 spiro atoms. The van der Waals surface area contributed by atoms with Gasteiger partial charge in [0.15, 0.2) is 5.82 Å². The van der Waals surface area contributed by atoms with E-state index in [0.29, 0.717) is 23.8 Å². The average Bonchev–Trinajstić information content (AvgIpc) is 2.42. The van der Waals surface area contributed by atoms with E-state index in [0.717, 1.165) is 10.2 Å². The first-order valence-electron chi connectivity index (χ1n) is 5.54. The lowest BCUT2D eigenvalue weighted by atomic mass is 10.3. The molecule has 0 unspecified atom stereocenters. The molecule has 8 heteroatoms. The first-order chi connectivity index (χ1) is 9.02. The molecule has 7 nitrogen and oxygen atoms in total. The number of rotatable bonds is 3. The second kappa shape index (κ2) is 5.45. The van der Waals surface area contributed by atoms with E-state index in [1.807, 2.05) is 6.92 Å². The Bertz CT molecular complexity index is 651. The minimum atomic E-state index is -0.305. The number of halogens is 1. The minimum Gasteiger partial charge on any atom is -0.307 e. The smallest absolute Gasteiger partial charge is 0.307 e. The van der Waals surface area contributed by atoms with Crippen LogP contribution in [0.2, 0.25) is 0 Å². The molecule has 0 aliphatic rings. The van der Waals surface area contributed by atoms with Gasteiger partial charge in [0.05, 0.1) is 34.8 Å².